The summed E-state index contributed by atoms with van der Waals surface area (Å²) in [7, 11) is 0. The van der Waals surface area contributed by atoms with E-state index in [0.717, 1.165) is 44.9 Å². The van der Waals surface area contributed by atoms with Crippen LogP contribution in [0.5, 0.6) is 0 Å². The molecule has 2 unspecified atom stereocenters. The van der Waals surface area contributed by atoms with Crippen LogP contribution in [0.4, 0.5) is 0 Å². The minimum Gasteiger partial charge on any atom is -0.466 e. The Morgan fingerprint density at radius 2 is 0.828 bits per heavy atom. The van der Waals surface area contributed by atoms with Crippen LogP contribution < -0.4 is 5.32 Å². The molecule has 0 spiro atoms. The maximum Gasteiger partial charge on any atom is 0.305 e. The van der Waals surface area contributed by atoms with Gasteiger partial charge in [0.2, 0.25) is 5.91 Å². The van der Waals surface area contributed by atoms with Crippen molar-refractivity contribution in [3.8, 4) is 0 Å². The third-order valence-corrected chi connectivity index (χ3v) is 11.7. The molecule has 0 heterocycles. The first-order valence-electron chi connectivity index (χ1n) is 25.6. The molecule has 0 aromatic rings. The number of carbonyl (C=O) groups excluding carboxylic acids is 2. The Bertz CT molecular complexity index is 904. The molecule has 58 heavy (non-hydrogen) atoms. The lowest BCUT2D eigenvalue weighted by molar-refractivity contribution is -0.143. The number of aliphatic hydroxyl groups is 2. The summed E-state index contributed by atoms with van der Waals surface area (Å²) in [6.07, 6.45) is 55.8. The molecule has 0 aromatic heterocycles. The predicted octanol–water partition coefficient (Wildman–Crippen LogP) is 15.1. The van der Waals surface area contributed by atoms with E-state index in [0.29, 0.717) is 25.9 Å². The van der Waals surface area contributed by atoms with E-state index >= 15 is 0 Å². The number of aliphatic hydroxyl groups excluding tert-OH is 2. The number of carbonyl (C=O) groups is 2. The van der Waals surface area contributed by atoms with Gasteiger partial charge in [0.25, 0.3) is 0 Å². The fourth-order valence-corrected chi connectivity index (χ4v) is 7.73. The smallest absolute Gasteiger partial charge is 0.305 e. The van der Waals surface area contributed by atoms with Crippen molar-refractivity contribution in [3.63, 3.8) is 0 Å². The van der Waals surface area contributed by atoms with Crippen molar-refractivity contribution >= 4 is 11.9 Å². The Labute approximate surface area is 361 Å². The van der Waals surface area contributed by atoms with E-state index in [1.807, 2.05) is 0 Å². The maximum absolute atomic E-state index is 12.4. The summed E-state index contributed by atoms with van der Waals surface area (Å²) in [5.41, 5.74) is 0. The molecule has 0 aliphatic heterocycles. The van der Waals surface area contributed by atoms with Gasteiger partial charge in [-0.15, -0.1) is 0 Å². The lowest BCUT2D eigenvalue weighted by atomic mass is 10.0. The van der Waals surface area contributed by atoms with Crippen molar-refractivity contribution in [2.24, 2.45) is 0 Å². The van der Waals surface area contributed by atoms with Crippen LogP contribution in [0, 0.1) is 0 Å². The zero-order valence-corrected chi connectivity index (χ0v) is 38.8. The van der Waals surface area contributed by atoms with Crippen LogP contribution in [0.2, 0.25) is 0 Å². The zero-order chi connectivity index (χ0) is 42.3. The van der Waals surface area contributed by atoms with Crippen molar-refractivity contribution < 1.29 is 24.5 Å². The standard InChI is InChI=1S/C52H99NO5/c1-3-5-7-9-11-13-25-30-34-38-42-46-52(57)58-47-43-39-35-31-27-24-22-20-18-16-15-17-19-21-23-26-29-33-37-41-45-51(56)53-49(48-54)50(55)44-40-36-32-28-14-12-10-8-6-4-2/h9,11,15,17,49-50,54-55H,3-8,10,12-14,16,18-48H2,1-2H3,(H,53,56)/b11-9-,17-15-. The van der Waals surface area contributed by atoms with Gasteiger partial charge in [-0.1, -0.05) is 212 Å². The quantitative estimate of drug-likeness (QED) is 0.0323. The molecule has 0 saturated heterocycles. The summed E-state index contributed by atoms with van der Waals surface area (Å²) in [4.78, 5) is 24.4. The van der Waals surface area contributed by atoms with E-state index in [1.54, 1.807) is 0 Å². The normalized spacial score (nSPS) is 12.8. The predicted molar refractivity (Wildman–Crippen MR) is 250 cm³/mol. The van der Waals surface area contributed by atoms with Crippen molar-refractivity contribution in [1.82, 2.24) is 5.32 Å². The second kappa shape index (κ2) is 48.0. The van der Waals surface area contributed by atoms with Gasteiger partial charge in [-0.05, 0) is 70.6 Å². The van der Waals surface area contributed by atoms with E-state index in [9.17, 15) is 19.8 Å². The lowest BCUT2D eigenvalue weighted by Gasteiger charge is -2.22. The minimum atomic E-state index is -0.667. The molecule has 0 aliphatic rings. The lowest BCUT2D eigenvalue weighted by Crippen LogP contribution is -2.45. The first-order valence-corrected chi connectivity index (χ1v) is 25.6. The van der Waals surface area contributed by atoms with Crippen LogP contribution >= 0.6 is 0 Å². The third kappa shape index (κ3) is 43.9. The zero-order valence-electron chi connectivity index (χ0n) is 38.8. The van der Waals surface area contributed by atoms with Gasteiger partial charge in [0, 0.05) is 12.8 Å². The summed E-state index contributed by atoms with van der Waals surface area (Å²) < 4.78 is 5.44. The molecule has 1 amide bonds. The number of nitrogens with one attached hydrogen (secondary N) is 1. The van der Waals surface area contributed by atoms with Crippen LogP contribution in [0.1, 0.15) is 271 Å². The van der Waals surface area contributed by atoms with Crippen LogP contribution in [-0.4, -0.2) is 47.4 Å². The van der Waals surface area contributed by atoms with Crippen molar-refractivity contribution in [2.75, 3.05) is 13.2 Å². The monoisotopic (exact) mass is 818 g/mol. The molecular formula is C52H99NO5. The van der Waals surface area contributed by atoms with Crippen molar-refractivity contribution in [2.45, 2.75) is 283 Å². The Morgan fingerprint density at radius 3 is 1.28 bits per heavy atom. The first kappa shape index (κ1) is 56.3. The molecule has 342 valence electrons. The molecular weight excluding hydrogens is 719 g/mol. The molecule has 6 nitrogen and oxygen atoms in total. The van der Waals surface area contributed by atoms with Gasteiger partial charge in [0.05, 0.1) is 25.4 Å². The number of esters is 1. The summed E-state index contributed by atoms with van der Waals surface area (Å²) in [5, 5.41) is 23.1. The summed E-state index contributed by atoms with van der Waals surface area (Å²) >= 11 is 0. The van der Waals surface area contributed by atoms with E-state index in [1.165, 1.54) is 193 Å². The van der Waals surface area contributed by atoms with Crippen LogP contribution in [0.3, 0.4) is 0 Å². The second-order valence-electron chi connectivity index (χ2n) is 17.5. The molecule has 2 atom stereocenters. The Hall–Kier alpha value is -1.66. The fourth-order valence-electron chi connectivity index (χ4n) is 7.73. The number of hydrogen-bond donors (Lipinski definition) is 3. The second-order valence-corrected chi connectivity index (χ2v) is 17.5. The van der Waals surface area contributed by atoms with Gasteiger partial charge >= 0.3 is 5.97 Å². The van der Waals surface area contributed by atoms with Crippen LogP contribution in [0.15, 0.2) is 24.3 Å². The summed E-state index contributed by atoms with van der Waals surface area (Å²) in [6, 6.07) is -0.545. The van der Waals surface area contributed by atoms with E-state index < -0.39 is 12.1 Å². The van der Waals surface area contributed by atoms with Gasteiger partial charge in [-0.3, -0.25) is 9.59 Å². The number of rotatable bonds is 47. The van der Waals surface area contributed by atoms with E-state index in [4.69, 9.17) is 4.74 Å². The Kier molecular flexibility index (Phi) is 46.6. The number of allylic oxidation sites excluding steroid dienone is 4. The molecule has 6 heteroatoms. The largest absolute Gasteiger partial charge is 0.466 e. The molecule has 3 N–H and O–H groups in total. The summed E-state index contributed by atoms with van der Waals surface area (Å²) in [6.45, 7) is 4.88. The molecule has 0 radical (unpaired) electrons. The molecule has 0 rings (SSSR count). The van der Waals surface area contributed by atoms with Gasteiger partial charge in [0.1, 0.15) is 0 Å². The number of amides is 1. The molecule has 0 bridgehead atoms. The molecule has 0 aromatic carbocycles. The number of unbranched alkanes of at least 4 members (excludes halogenated alkanes) is 32. The van der Waals surface area contributed by atoms with E-state index in [-0.39, 0.29) is 18.5 Å². The van der Waals surface area contributed by atoms with Crippen LogP contribution in [-0.2, 0) is 14.3 Å². The maximum atomic E-state index is 12.4. The number of hydrogen-bond acceptors (Lipinski definition) is 5. The van der Waals surface area contributed by atoms with E-state index in [2.05, 4.69) is 43.5 Å². The highest BCUT2D eigenvalue weighted by atomic mass is 16.5. The average Bonchev–Trinajstić information content (AvgIpc) is 3.22. The highest BCUT2D eigenvalue weighted by molar-refractivity contribution is 5.76. The summed E-state index contributed by atoms with van der Waals surface area (Å²) in [5.74, 6) is -0.0512. The van der Waals surface area contributed by atoms with Gasteiger partial charge < -0.3 is 20.3 Å². The van der Waals surface area contributed by atoms with Gasteiger partial charge in [-0.25, -0.2) is 0 Å². The molecule has 0 fully saturated rings. The minimum absolute atomic E-state index is 0.00539. The van der Waals surface area contributed by atoms with Crippen molar-refractivity contribution in [1.29, 1.82) is 0 Å². The Morgan fingerprint density at radius 1 is 0.466 bits per heavy atom. The number of ether oxygens (including phenoxy) is 1. The van der Waals surface area contributed by atoms with Gasteiger partial charge in [-0.2, -0.15) is 0 Å². The fraction of sp³-hybridized carbons (Fsp3) is 0.885. The highest BCUT2D eigenvalue weighted by Gasteiger charge is 2.20. The highest BCUT2D eigenvalue weighted by Crippen LogP contribution is 2.16. The SMILES string of the molecule is CCCC/C=C\CCCCCCCC(=O)OCCCCCCCCCCC/C=C\CCCCCCCCCC(=O)NC(CO)C(O)CCCCCCCCCCCC. The average molecular weight is 818 g/mol. The molecule has 0 saturated carbocycles. The Balaban J connectivity index is 3.43. The van der Waals surface area contributed by atoms with Gasteiger partial charge in [0.15, 0.2) is 0 Å². The van der Waals surface area contributed by atoms with Crippen molar-refractivity contribution in [3.05, 3.63) is 24.3 Å². The molecule has 0 aliphatic carbocycles. The van der Waals surface area contributed by atoms with Crippen LogP contribution in [0.25, 0.3) is 0 Å². The first-order chi connectivity index (χ1) is 28.5. The third-order valence-electron chi connectivity index (χ3n) is 11.7. The topological polar surface area (TPSA) is 95.9 Å².